The Morgan fingerprint density at radius 3 is 2.80 bits per heavy atom. The van der Waals surface area contributed by atoms with Gasteiger partial charge in [0.25, 0.3) is 0 Å². The lowest BCUT2D eigenvalue weighted by molar-refractivity contribution is -0.119. The third kappa shape index (κ3) is 5.07. The molecule has 0 heterocycles. The van der Waals surface area contributed by atoms with Crippen LogP contribution in [-0.2, 0) is 9.53 Å². The molecule has 1 aromatic rings. The molecule has 110 valence electrons. The van der Waals surface area contributed by atoms with Crippen molar-refractivity contribution in [2.24, 2.45) is 5.73 Å². The van der Waals surface area contributed by atoms with Crippen molar-refractivity contribution < 1.29 is 9.53 Å². The standard InChI is InChI=1S/C13H18BrN3O2S/c1-17(8-12(18)16-5-6-19-2)9-3-4-10(13(15)20)11(14)7-9/h3-4,7H,5-6,8H2,1-2H3,(H2,15,20)(H,16,18). The Morgan fingerprint density at radius 1 is 1.55 bits per heavy atom. The number of ether oxygens (including phenoxy) is 1. The minimum absolute atomic E-state index is 0.0564. The maximum absolute atomic E-state index is 11.7. The van der Waals surface area contributed by atoms with Crippen molar-refractivity contribution in [1.29, 1.82) is 0 Å². The van der Waals surface area contributed by atoms with Crippen LogP contribution in [0.2, 0.25) is 0 Å². The number of nitrogens with zero attached hydrogens (tertiary/aromatic N) is 1. The molecule has 0 aliphatic rings. The van der Waals surface area contributed by atoms with Crippen molar-refractivity contribution in [3.05, 3.63) is 28.2 Å². The second kappa shape index (κ2) is 8.18. The lowest BCUT2D eigenvalue weighted by Crippen LogP contribution is -2.36. The molecule has 0 bridgehead atoms. The molecule has 1 rings (SSSR count). The van der Waals surface area contributed by atoms with Gasteiger partial charge in [0.05, 0.1) is 13.2 Å². The highest BCUT2D eigenvalue weighted by Crippen LogP contribution is 2.23. The van der Waals surface area contributed by atoms with Crippen LogP contribution in [0.25, 0.3) is 0 Å². The number of halogens is 1. The molecule has 3 N–H and O–H groups in total. The SMILES string of the molecule is COCCNC(=O)CN(C)c1ccc(C(N)=S)c(Br)c1. The molecule has 5 nitrogen and oxygen atoms in total. The number of anilines is 1. The fourth-order valence-corrected chi connectivity index (χ4v) is 2.49. The van der Waals surface area contributed by atoms with Gasteiger partial charge in [0.15, 0.2) is 0 Å². The van der Waals surface area contributed by atoms with E-state index in [2.05, 4.69) is 21.2 Å². The highest BCUT2D eigenvalue weighted by Gasteiger charge is 2.10. The molecule has 0 saturated heterocycles. The number of amides is 1. The Balaban J connectivity index is 2.63. The molecular weight excluding hydrogens is 342 g/mol. The quantitative estimate of drug-likeness (QED) is 0.567. The van der Waals surface area contributed by atoms with Crippen LogP contribution in [0.1, 0.15) is 5.56 Å². The predicted molar refractivity (Wildman–Crippen MR) is 88.2 cm³/mol. The van der Waals surface area contributed by atoms with Gasteiger partial charge in [0.1, 0.15) is 4.99 Å². The van der Waals surface area contributed by atoms with Crippen molar-refractivity contribution in [1.82, 2.24) is 5.32 Å². The lowest BCUT2D eigenvalue weighted by Gasteiger charge is -2.19. The Labute approximate surface area is 132 Å². The molecule has 20 heavy (non-hydrogen) atoms. The molecule has 7 heteroatoms. The molecule has 0 aromatic heterocycles. The number of methoxy groups -OCH3 is 1. The first kappa shape index (κ1) is 16.9. The van der Waals surface area contributed by atoms with Crippen LogP contribution >= 0.6 is 28.1 Å². The number of rotatable bonds is 7. The Kier molecular flexibility index (Phi) is 6.90. The monoisotopic (exact) mass is 359 g/mol. The molecule has 0 radical (unpaired) electrons. The van der Waals surface area contributed by atoms with Gasteiger partial charge in [0, 0.05) is 36.4 Å². The Bertz CT molecular complexity index is 497. The number of nitrogens with one attached hydrogen (secondary N) is 1. The van der Waals surface area contributed by atoms with E-state index in [4.69, 9.17) is 22.7 Å². The van der Waals surface area contributed by atoms with E-state index in [0.717, 1.165) is 15.7 Å². The van der Waals surface area contributed by atoms with E-state index in [1.807, 2.05) is 30.1 Å². The summed E-state index contributed by atoms with van der Waals surface area (Å²) in [7, 11) is 3.44. The first-order chi connectivity index (χ1) is 9.45. The number of likely N-dealkylation sites (N-methyl/N-ethyl adjacent to an activating group) is 1. The normalized spacial score (nSPS) is 10.2. The summed E-state index contributed by atoms with van der Waals surface area (Å²) in [6, 6.07) is 5.60. The molecule has 0 unspecified atom stereocenters. The summed E-state index contributed by atoms with van der Waals surface area (Å²) in [5.74, 6) is -0.0564. The number of hydrogen-bond donors (Lipinski definition) is 2. The molecule has 0 aliphatic carbocycles. The zero-order valence-corrected chi connectivity index (χ0v) is 13.9. The predicted octanol–water partition coefficient (Wildman–Crippen LogP) is 1.28. The highest BCUT2D eigenvalue weighted by atomic mass is 79.9. The molecule has 0 saturated carbocycles. The van der Waals surface area contributed by atoms with E-state index in [9.17, 15) is 4.79 Å². The average molecular weight is 360 g/mol. The summed E-state index contributed by atoms with van der Waals surface area (Å²) in [5.41, 5.74) is 7.28. The maximum Gasteiger partial charge on any atom is 0.239 e. The van der Waals surface area contributed by atoms with Gasteiger partial charge in [-0.1, -0.05) is 12.2 Å². The van der Waals surface area contributed by atoms with E-state index in [1.165, 1.54) is 0 Å². The van der Waals surface area contributed by atoms with Crippen LogP contribution in [0.4, 0.5) is 5.69 Å². The van der Waals surface area contributed by atoms with Crippen LogP contribution in [0.3, 0.4) is 0 Å². The zero-order chi connectivity index (χ0) is 15.1. The largest absolute Gasteiger partial charge is 0.389 e. The number of carbonyl (C=O) groups is 1. The van der Waals surface area contributed by atoms with Crippen molar-refractivity contribution in [3.8, 4) is 0 Å². The van der Waals surface area contributed by atoms with Crippen LogP contribution < -0.4 is 16.0 Å². The van der Waals surface area contributed by atoms with Gasteiger partial charge in [0.2, 0.25) is 5.91 Å². The zero-order valence-electron chi connectivity index (χ0n) is 11.5. The van der Waals surface area contributed by atoms with Gasteiger partial charge in [-0.05, 0) is 34.1 Å². The van der Waals surface area contributed by atoms with E-state index in [1.54, 1.807) is 7.11 Å². The molecule has 0 fully saturated rings. The Hall–Kier alpha value is -1.18. The molecule has 0 spiro atoms. The summed E-state index contributed by atoms with van der Waals surface area (Å²) in [6.45, 7) is 1.28. The van der Waals surface area contributed by atoms with Gasteiger partial charge in [-0.15, -0.1) is 0 Å². The van der Waals surface area contributed by atoms with Gasteiger partial charge < -0.3 is 20.7 Å². The summed E-state index contributed by atoms with van der Waals surface area (Å²) in [5, 5.41) is 2.77. The van der Waals surface area contributed by atoms with E-state index >= 15 is 0 Å². The number of thiocarbonyl (C=S) groups is 1. The van der Waals surface area contributed by atoms with E-state index in [0.29, 0.717) is 18.1 Å². The third-order valence-corrected chi connectivity index (χ3v) is 3.54. The van der Waals surface area contributed by atoms with Crippen LogP contribution in [-0.4, -0.2) is 44.7 Å². The second-order valence-electron chi connectivity index (χ2n) is 4.23. The van der Waals surface area contributed by atoms with Gasteiger partial charge in [-0.25, -0.2) is 0 Å². The summed E-state index contributed by atoms with van der Waals surface area (Å²) in [6.07, 6.45) is 0. The van der Waals surface area contributed by atoms with Crippen LogP contribution in [0, 0.1) is 0 Å². The number of nitrogens with two attached hydrogens (primary N) is 1. The molecule has 1 aromatic carbocycles. The van der Waals surface area contributed by atoms with Crippen LogP contribution in [0.5, 0.6) is 0 Å². The van der Waals surface area contributed by atoms with E-state index < -0.39 is 0 Å². The van der Waals surface area contributed by atoms with Crippen molar-refractivity contribution >= 4 is 44.7 Å². The molecular formula is C13H18BrN3O2S. The highest BCUT2D eigenvalue weighted by molar-refractivity contribution is 9.10. The first-order valence-corrected chi connectivity index (χ1v) is 7.22. The fraction of sp³-hybridized carbons (Fsp3) is 0.385. The Morgan fingerprint density at radius 2 is 2.25 bits per heavy atom. The van der Waals surface area contributed by atoms with Crippen LogP contribution in [0.15, 0.2) is 22.7 Å². The minimum atomic E-state index is -0.0564. The van der Waals surface area contributed by atoms with Gasteiger partial charge in [-0.3, -0.25) is 4.79 Å². The summed E-state index contributed by atoms with van der Waals surface area (Å²) < 4.78 is 5.69. The second-order valence-corrected chi connectivity index (χ2v) is 5.52. The van der Waals surface area contributed by atoms with Crippen molar-refractivity contribution in [2.45, 2.75) is 0 Å². The van der Waals surface area contributed by atoms with Gasteiger partial charge in [-0.2, -0.15) is 0 Å². The third-order valence-electron chi connectivity index (χ3n) is 2.67. The molecule has 0 aliphatic heterocycles. The topological polar surface area (TPSA) is 67.6 Å². The number of carbonyl (C=O) groups excluding carboxylic acids is 1. The van der Waals surface area contributed by atoms with Crippen molar-refractivity contribution in [3.63, 3.8) is 0 Å². The summed E-state index contributed by atoms with van der Waals surface area (Å²) in [4.78, 5) is 13.9. The first-order valence-electron chi connectivity index (χ1n) is 6.02. The lowest BCUT2D eigenvalue weighted by atomic mass is 10.2. The maximum atomic E-state index is 11.7. The number of hydrogen-bond acceptors (Lipinski definition) is 4. The van der Waals surface area contributed by atoms with Crippen molar-refractivity contribution in [2.75, 3.05) is 38.8 Å². The summed E-state index contributed by atoms with van der Waals surface area (Å²) >= 11 is 8.37. The molecule has 1 amide bonds. The fourth-order valence-electron chi connectivity index (χ4n) is 1.60. The molecule has 0 atom stereocenters. The van der Waals surface area contributed by atoms with Gasteiger partial charge >= 0.3 is 0 Å². The average Bonchev–Trinajstić information content (AvgIpc) is 2.38. The number of benzene rings is 1. The van der Waals surface area contributed by atoms with E-state index in [-0.39, 0.29) is 12.5 Å². The minimum Gasteiger partial charge on any atom is -0.389 e. The smallest absolute Gasteiger partial charge is 0.239 e.